The maximum atomic E-state index is 13.6. The molecule has 5 rings (SSSR count). The van der Waals surface area contributed by atoms with Gasteiger partial charge in [0.2, 0.25) is 0 Å². The maximum Gasteiger partial charge on any atom is 0.267 e. The summed E-state index contributed by atoms with van der Waals surface area (Å²) in [5, 5.41) is 1.34. The molecule has 0 spiro atoms. The van der Waals surface area contributed by atoms with E-state index in [1.807, 2.05) is 116 Å². The van der Waals surface area contributed by atoms with Gasteiger partial charge in [-0.3, -0.25) is 14.7 Å². The van der Waals surface area contributed by atoms with Gasteiger partial charge in [0.25, 0.3) is 5.91 Å². The number of ether oxygens (including phenoxy) is 2. The lowest BCUT2D eigenvalue weighted by Gasteiger charge is -2.15. The maximum absolute atomic E-state index is 13.6. The molecular formula is C33H29ClN2O3S. The van der Waals surface area contributed by atoms with E-state index in [2.05, 4.69) is 0 Å². The first-order valence-electron chi connectivity index (χ1n) is 13.1. The van der Waals surface area contributed by atoms with Crippen LogP contribution in [0.2, 0.25) is 5.02 Å². The number of amidine groups is 1. The van der Waals surface area contributed by atoms with Gasteiger partial charge in [-0.15, -0.1) is 0 Å². The minimum absolute atomic E-state index is 0.0716. The van der Waals surface area contributed by atoms with Gasteiger partial charge in [-0.1, -0.05) is 96.5 Å². The zero-order valence-corrected chi connectivity index (χ0v) is 23.7. The molecule has 40 heavy (non-hydrogen) atoms. The minimum Gasteiger partial charge on any atom is -0.490 e. The second kappa shape index (κ2) is 13.4. The van der Waals surface area contributed by atoms with Gasteiger partial charge in [0.1, 0.15) is 6.61 Å². The Bertz CT molecular complexity index is 1520. The highest BCUT2D eigenvalue weighted by Crippen LogP contribution is 2.36. The summed E-state index contributed by atoms with van der Waals surface area (Å²) in [6.45, 7) is 3.69. The molecule has 4 aromatic rings. The smallest absolute Gasteiger partial charge is 0.267 e. The summed E-state index contributed by atoms with van der Waals surface area (Å²) < 4.78 is 11.9. The molecule has 1 fully saturated rings. The molecule has 0 bridgehead atoms. The number of thioether (sulfide) groups is 1. The van der Waals surface area contributed by atoms with Crippen LogP contribution in [-0.4, -0.2) is 22.6 Å². The van der Waals surface area contributed by atoms with Crippen LogP contribution in [0, 0.1) is 0 Å². The molecule has 1 heterocycles. The Morgan fingerprint density at radius 1 is 0.850 bits per heavy atom. The lowest BCUT2D eigenvalue weighted by Crippen LogP contribution is -2.28. The fraction of sp³-hybridized carbons (Fsp3) is 0.152. The van der Waals surface area contributed by atoms with Crippen LogP contribution in [0.4, 0.5) is 0 Å². The molecule has 0 aliphatic carbocycles. The molecular weight excluding hydrogens is 540 g/mol. The first-order chi connectivity index (χ1) is 19.6. The average molecular weight is 569 g/mol. The van der Waals surface area contributed by atoms with Crippen molar-refractivity contribution in [3.63, 3.8) is 0 Å². The summed E-state index contributed by atoms with van der Waals surface area (Å²) in [5.41, 5.74) is 3.87. The number of halogens is 1. The quantitative estimate of drug-likeness (QED) is 0.182. The number of hydrogen-bond acceptors (Lipinski definition) is 5. The number of carbonyl (C=O) groups is 1. The van der Waals surface area contributed by atoms with Crippen molar-refractivity contribution in [1.29, 1.82) is 0 Å². The average Bonchev–Trinajstić information content (AvgIpc) is 3.27. The highest BCUT2D eigenvalue weighted by Gasteiger charge is 2.33. The summed E-state index contributed by atoms with van der Waals surface area (Å²) in [6, 6.07) is 33.3. The summed E-state index contributed by atoms with van der Waals surface area (Å²) in [7, 11) is 0. The van der Waals surface area contributed by atoms with E-state index >= 15 is 0 Å². The molecule has 1 amide bonds. The fourth-order valence-corrected chi connectivity index (χ4v) is 5.36. The molecule has 202 valence electrons. The van der Waals surface area contributed by atoms with Crippen LogP contribution in [0.25, 0.3) is 6.08 Å². The molecule has 5 nitrogen and oxygen atoms in total. The van der Waals surface area contributed by atoms with E-state index < -0.39 is 0 Å². The zero-order chi connectivity index (χ0) is 27.7. The van der Waals surface area contributed by atoms with Crippen molar-refractivity contribution in [2.75, 3.05) is 6.61 Å². The number of rotatable bonds is 10. The van der Waals surface area contributed by atoms with Gasteiger partial charge in [-0.25, -0.2) is 0 Å². The largest absolute Gasteiger partial charge is 0.490 e. The third-order valence-electron chi connectivity index (χ3n) is 6.22. The fourth-order valence-electron chi connectivity index (χ4n) is 4.20. The summed E-state index contributed by atoms with van der Waals surface area (Å²) in [5.74, 6) is 1.15. The van der Waals surface area contributed by atoms with Crippen molar-refractivity contribution >= 4 is 40.5 Å². The molecule has 0 radical (unpaired) electrons. The number of benzene rings is 4. The van der Waals surface area contributed by atoms with Gasteiger partial charge >= 0.3 is 0 Å². The standard InChI is InChI=1S/C33H29ClN2O3S/c1-2-38-30-19-26(17-18-29(30)39-23-27-15-9-10-16-28(27)34)20-31-32(37)36(22-25-13-7-4-8-14-25)33(40-31)35-21-24-11-5-3-6-12-24/h3-20H,2,21-23H2,1H3. The Labute approximate surface area is 244 Å². The molecule has 1 aliphatic heterocycles. The Hall–Kier alpha value is -4.00. The van der Waals surface area contributed by atoms with E-state index in [0.717, 1.165) is 22.3 Å². The minimum atomic E-state index is -0.0716. The molecule has 1 saturated heterocycles. The van der Waals surface area contributed by atoms with E-state index in [-0.39, 0.29) is 5.91 Å². The van der Waals surface area contributed by atoms with Crippen LogP contribution in [0.1, 0.15) is 29.2 Å². The molecule has 0 N–H and O–H groups in total. The van der Waals surface area contributed by atoms with E-state index in [1.165, 1.54) is 11.8 Å². The third kappa shape index (κ3) is 6.95. The van der Waals surface area contributed by atoms with Gasteiger partial charge in [-0.2, -0.15) is 0 Å². The van der Waals surface area contributed by atoms with Crippen molar-refractivity contribution in [2.45, 2.75) is 26.6 Å². The molecule has 7 heteroatoms. The predicted molar refractivity (Wildman–Crippen MR) is 164 cm³/mol. The highest BCUT2D eigenvalue weighted by molar-refractivity contribution is 8.18. The number of nitrogens with zero attached hydrogens (tertiary/aromatic N) is 2. The van der Waals surface area contributed by atoms with Crippen molar-refractivity contribution in [2.24, 2.45) is 4.99 Å². The summed E-state index contributed by atoms with van der Waals surface area (Å²) in [4.78, 5) is 20.8. The topological polar surface area (TPSA) is 51.1 Å². The summed E-state index contributed by atoms with van der Waals surface area (Å²) >= 11 is 7.68. The van der Waals surface area contributed by atoms with Crippen LogP contribution in [0.15, 0.2) is 113 Å². The number of carbonyl (C=O) groups excluding carboxylic acids is 1. The van der Waals surface area contributed by atoms with Crippen LogP contribution in [-0.2, 0) is 24.5 Å². The molecule has 0 saturated carbocycles. The lowest BCUT2D eigenvalue weighted by molar-refractivity contribution is -0.122. The molecule has 4 aromatic carbocycles. The van der Waals surface area contributed by atoms with Crippen molar-refractivity contribution < 1.29 is 14.3 Å². The Morgan fingerprint density at radius 2 is 1.55 bits per heavy atom. The Morgan fingerprint density at radius 3 is 2.27 bits per heavy atom. The van der Waals surface area contributed by atoms with Gasteiger partial charge in [0, 0.05) is 10.6 Å². The molecule has 1 aliphatic rings. The van der Waals surface area contributed by atoms with Gasteiger partial charge < -0.3 is 9.47 Å². The second-order valence-electron chi connectivity index (χ2n) is 9.09. The van der Waals surface area contributed by atoms with Crippen LogP contribution < -0.4 is 9.47 Å². The van der Waals surface area contributed by atoms with E-state index in [9.17, 15) is 4.79 Å². The van der Waals surface area contributed by atoms with Crippen molar-refractivity contribution in [3.8, 4) is 11.5 Å². The first-order valence-corrected chi connectivity index (χ1v) is 14.3. The molecule has 0 unspecified atom stereocenters. The van der Waals surface area contributed by atoms with Crippen LogP contribution in [0.5, 0.6) is 11.5 Å². The SMILES string of the molecule is CCOc1cc(C=C2SC(=NCc3ccccc3)N(Cc3ccccc3)C2=O)ccc1OCc1ccccc1Cl. The first kappa shape index (κ1) is 27.6. The highest BCUT2D eigenvalue weighted by atomic mass is 35.5. The van der Waals surface area contributed by atoms with E-state index in [4.69, 9.17) is 26.1 Å². The second-order valence-corrected chi connectivity index (χ2v) is 10.5. The van der Waals surface area contributed by atoms with Gasteiger partial charge in [0.05, 0.1) is 24.6 Å². The van der Waals surface area contributed by atoms with E-state index in [0.29, 0.717) is 52.9 Å². The molecule has 0 atom stereocenters. The summed E-state index contributed by atoms with van der Waals surface area (Å²) in [6.07, 6.45) is 1.89. The monoisotopic (exact) mass is 568 g/mol. The number of aliphatic imine (C=N–C) groups is 1. The lowest BCUT2D eigenvalue weighted by atomic mass is 10.1. The van der Waals surface area contributed by atoms with Crippen molar-refractivity contribution in [3.05, 3.63) is 135 Å². The van der Waals surface area contributed by atoms with Gasteiger partial charge in [0.15, 0.2) is 16.7 Å². The van der Waals surface area contributed by atoms with Crippen molar-refractivity contribution in [1.82, 2.24) is 4.90 Å². The third-order valence-corrected chi connectivity index (χ3v) is 7.63. The van der Waals surface area contributed by atoms with E-state index in [1.54, 1.807) is 4.90 Å². The zero-order valence-electron chi connectivity index (χ0n) is 22.1. The normalized spacial score (nSPS) is 15.2. The Kier molecular flexibility index (Phi) is 9.22. The van der Waals surface area contributed by atoms with Gasteiger partial charge in [-0.05, 0) is 59.7 Å². The molecule has 0 aromatic heterocycles. The number of amides is 1. The Balaban J connectivity index is 1.39. The van der Waals surface area contributed by atoms with Crippen LogP contribution in [0.3, 0.4) is 0 Å². The number of hydrogen-bond donors (Lipinski definition) is 0. The van der Waals surface area contributed by atoms with Crippen LogP contribution >= 0.6 is 23.4 Å². The predicted octanol–water partition coefficient (Wildman–Crippen LogP) is 7.99.